The Hall–Kier alpha value is -1.55. The highest BCUT2D eigenvalue weighted by molar-refractivity contribution is 14.0. The quantitative estimate of drug-likeness (QED) is 0.187. The van der Waals surface area contributed by atoms with Crippen molar-refractivity contribution in [1.29, 1.82) is 0 Å². The third-order valence-corrected chi connectivity index (χ3v) is 3.57. The van der Waals surface area contributed by atoms with Gasteiger partial charge < -0.3 is 20.1 Å². The van der Waals surface area contributed by atoms with E-state index >= 15 is 0 Å². The van der Waals surface area contributed by atoms with Crippen LogP contribution in [0.2, 0.25) is 0 Å². The van der Waals surface area contributed by atoms with Gasteiger partial charge in [-0.2, -0.15) is 0 Å². The second kappa shape index (κ2) is 15.3. The summed E-state index contributed by atoms with van der Waals surface area (Å²) in [5.41, 5.74) is 1.38. The molecule has 0 saturated heterocycles. The standard InChI is InChI=1S/C21H36N4O3.HI/c1-6-22-19(23-14-8-16-27-7-2)24-15-13-17-9-11-18(12-10-17)25-20(26)28-21(3,4)5;/h9-12H,6-8,13-16H2,1-5H3,(H,25,26)(H2,22,23,24);1H. The molecule has 1 rings (SSSR count). The van der Waals surface area contributed by atoms with E-state index in [9.17, 15) is 4.79 Å². The lowest BCUT2D eigenvalue weighted by molar-refractivity contribution is 0.0636. The van der Waals surface area contributed by atoms with Gasteiger partial charge in [-0.25, -0.2) is 4.79 Å². The number of rotatable bonds is 10. The van der Waals surface area contributed by atoms with Crippen molar-refractivity contribution in [3.8, 4) is 0 Å². The van der Waals surface area contributed by atoms with Gasteiger partial charge in [0.05, 0.1) is 0 Å². The van der Waals surface area contributed by atoms with Crippen LogP contribution < -0.4 is 16.0 Å². The van der Waals surface area contributed by atoms with E-state index in [-0.39, 0.29) is 24.0 Å². The highest BCUT2D eigenvalue weighted by atomic mass is 127. The van der Waals surface area contributed by atoms with Crippen molar-refractivity contribution in [3.63, 3.8) is 0 Å². The predicted octanol–water partition coefficient (Wildman–Crippen LogP) is 4.18. The van der Waals surface area contributed by atoms with E-state index < -0.39 is 11.7 Å². The Labute approximate surface area is 192 Å². The first kappa shape index (κ1) is 27.5. The highest BCUT2D eigenvalue weighted by Crippen LogP contribution is 2.13. The van der Waals surface area contributed by atoms with Gasteiger partial charge in [0.15, 0.2) is 5.96 Å². The molecular weight excluding hydrogens is 483 g/mol. The summed E-state index contributed by atoms with van der Waals surface area (Å²) in [5, 5.41) is 9.32. The summed E-state index contributed by atoms with van der Waals surface area (Å²) in [5.74, 6) is 0.821. The van der Waals surface area contributed by atoms with E-state index in [0.29, 0.717) is 0 Å². The zero-order chi connectivity index (χ0) is 20.8. The molecule has 1 aromatic rings. The van der Waals surface area contributed by atoms with E-state index in [0.717, 1.165) is 57.3 Å². The molecule has 1 amide bonds. The minimum atomic E-state index is -0.509. The number of nitrogens with one attached hydrogen (secondary N) is 3. The average molecular weight is 520 g/mol. The van der Waals surface area contributed by atoms with E-state index in [4.69, 9.17) is 9.47 Å². The Kier molecular flexibility index (Phi) is 14.5. The van der Waals surface area contributed by atoms with Crippen LogP contribution in [0.4, 0.5) is 10.5 Å². The summed E-state index contributed by atoms with van der Waals surface area (Å²) in [6.45, 7) is 13.4. The van der Waals surface area contributed by atoms with Gasteiger partial charge in [0.2, 0.25) is 0 Å². The molecule has 0 atom stereocenters. The first-order valence-corrected chi connectivity index (χ1v) is 10.0. The third-order valence-electron chi connectivity index (χ3n) is 3.57. The smallest absolute Gasteiger partial charge is 0.412 e. The van der Waals surface area contributed by atoms with Gasteiger partial charge in [-0.15, -0.1) is 24.0 Å². The second-order valence-electron chi connectivity index (χ2n) is 7.31. The molecule has 0 unspecified atom stereocenters. The summed E-state index contributed by atoms with van der Waals surface area (Å²) >= 11 is 0. The average Bonchev–Trinajstić information content (AvgIpc) is 2.61. The number of ether oxygens (including phenoxy) is 2. The molecule has 0 saturated carbocycles. The number of nitrogens with zero attached hydrogens (tertiary/aromatic N) is 1. The topological polar surface area (TPSA) is 84.0 Å². The maximum atomic E-state index is 11.8. The number of amides is 1. The summed E-state index contributed by atoms with van der Waals surface area (Å²) < 4.78 is 10.6. The van der Waals surface area contributed by atoms with Crippen molar-refractivity contribution in [2.75, 3.05) is 38.2 Å². The molecule has 1 aromatic carbocycles. The van der Waals surface area contributed by atoms with Crippen molar-refractivity contribution in [2.24, 2.45) is 4.99 Å². The van der Waals surface area contributed by atoms with Gasteiger partial charge in [-0.05, 0) is 65.2 Å². The number of hydrogen-bond acceptors (Lipinski definition) is 4. The molecule has 8 heteroatoms. The fourth-order valence-electron chi connectivity index (χ4n) is 2.35. The van der Waals surface area contributed by atoms with Gasteiger partial charge in [0.25, 0.3) is 0 Å². The van der Waals surface area contributed by atoms with Crippen LogP contribution in [0.25, 0.3) is 0 Å². The van der Waals surface area contributed by atoms with Crippen molar-refractivity contribution < 1.29 is 14.3 Å². The lowest BCUT2D eigenvalue weighted by Crippen LogP contribution is -2.38. The number of halogens is 1. The molecule has 0 aliphatic rings. The predicted molar refractivity (Wildman–Crippen MR) is 131 cm³/mol. The Balaban J connectivity index is 0.00000784. The lowest BCUT2D eigenvalue weighted by Gasteiger charge is -2.19. The van der Waals surface area contributed by atoms with Crippen LogP contribution >= 0.6 is 24.0 Å². The number of aliphatic imine (C=N–C) groups is 1. The fourth-order valence-corrected chi connectivity index (χ4v) is 2.35. The van der Waals surface area contributed by atoms with Crippen LogP contribution in [0.15, 0.2) is 29.3 Å². The van der Waals surface area contributed by atoms with Crippen molar-refractivity contribution in [1.82, 2.24) is 10.6 Å². The van der Waals surface area contributed by atoms with Crippen LogP contribution in [0.1, 0.15) is 46.6 Å². The molecule has 3 N–H and O–H groups in total. The van der Waals surface area contributed by atoms with Gasteiger partial charge in [-0.3, -0.25) is 10.3 Å². The number of benzene rings is 1. The number of carbonyl (C=O) groups is 1. The lowest BCUT2D eigenvalue weighted by atomic mass is 10.1. The Morgan fingerprint density at radius 1 is 1.10 bits per heavy atom. The van der Waals surface area contributed by atoms with Crippen molar-refractivity contribution in [3.05, 3.63) is 29.8 Å². The molecule has 166 valence electrons. The summed E-state index contributed by atoms with van der Waals surface area (Å²) in [7, 11) is 0. The number of carbonyl (C=O) groups excluding carboxylic acids is 1. The summed E-state index contributed by atoms with van der Waals surface area (Å²) in [4.78, 5) is 16.3. The molecule has 0 bridgehead atoms. The summed E-state index contributed by atoms with van der Waals surface area (Å²) in [6.07, 6.45) is 1.32. The van der Waals surface area contributed by atoms with E-state index in [1.807, 2.05) is 58.9 Å². The molecule has 0 radical (unpaired) electrons. The van der Waals surface area contributed by atoms with Gasteiger partial charge in [0.1, 0.15) is 5.60 Å². The molecule has 0 aliphatic heterocycles. The molecule has 0 spiro atoms. The number of anilines is 1. The first-order chi connectivity index (χ1) is 13.3. The minimum absolute atomic E-state index is 0. The van der Waals surface area contributed by atoms with E-state index in [2.05, 4.69) is 20.9 Å². The van der Waals surface area contributed by atoms with Crippen molar-refractivity contribution in [2.45, 2.75) is 53.1 Å². The van der Waals surface area contributed by atoms with E-state index in [1.165, 1.54) is 5.56 Å². The molecule has 29 heavy (non-hydrogen) atoms. The minimum Gasteiger partial charge on any atom is -0.444 e. The van der Waals surface area contributed by atoms with E-state index in [1.54, 1.807) is 0 Å². The third kappa shape index (κ3) is 14.1. The van der Waals surface area contributed by atoms with Crippen LogP contribution in [-0.4, -0.2) is 50.5 Å². The normalized spacial score (nSPS) is 11.4. The first-order valence-electron chi connectivity index (χ1n) is 10.0. The largest absolute Gasteiger partial charge is 0.444 e. The van der Waals surface area contributed by atoms with Crippen LogP contribution in [-0.2, 0) is 15.9 Å². The Bertz CT molecular complexity index is 601. The monoisotopic (exact) mass is 520 g/mol. The zero-order valence-electron chi connectivity index (χ0n) is 18.3. The second-order valence-corrected chi connectivity index (χ2v) is 7.31. The van der Waals surface area contributed by atoms with Crippen LogP contribution in [0, 0.1) is 0 Å². The molecule has 7 nitrogen and oxygen atoms in total. The van der Waals surface area contributed by atoms with Gasteiger partial charge >= 0.3 is 6.09 Å². The Morgan fingerprint density at radius 3 is 2.38 bits per heavy atom. The SMILES string of the molecule is CCNC(=NCCCOCC)NCCc1ccc(NC(=O)OC(C)(C)C)cc1.I. The highest BCUT2D eigenvalue weighted by Gasteiger charge is 2.16. The molecule has 0 aliphatic carbocycles. The maximum absolute atomic E-state index is 11.8. The maximum Gasteiger partial charge on any atom is 0.412 e. The number of hydrogen-bond donors (Lipinski definition) is 3. The fraction of sp³-hybridized carbons (Fsp3) is 0.619. The van der Waals surface area contributed by atoms with Gasteiger partial charge in [0, 0.05) is 38.5 Å². The number of guanidine groups is 1. The molecule has 0 heterocycles. The Morgan fingerprint density at radius 2 is 1.79 bits per heavy atom. The molecule has 0 fully saturated rings. The van der Waals surface area contributed by atoms with Crippen molar-refractivity contribution >= 4 is 41.7 Å². The molecular formula is C21H37IN4O3. The molecule has 0 aromatic heterocycles. The van der Waals surface area contributed by atoms with Crippen LogP contribution in [0.5, 0.6) is 0 Å². The summed E-state index contributed by atoms with van der Waals surface area (Å²) in [6, 6.07) is 7.76. The zero-order valence-corrected chi connectivity index (χ0v) is 20.7. The van der Waals surface area contributed by atoms with Gasteiger partial charge in [-0.1, -0.05) is 12.1 Å². The van der Waals surface area contributed by atoms with Crippen LogP contribution in [0.3, 0.4) is 0 Å².